The van der Waals surface area contributed by atoms with Crippen LogP contribution in [-0.2, 0) is 13.6 Å². The van der Waals surface area contributed by atoms with E-state index in [2.05, 4.69) is 4.98 Å². The first-order valence-electron chi connectivity index (χ1n) is 8.76. The first kappa shape index (κ1) is 19.3. The Labute approximate surface area is 160 Å². The fourth-order valence-corrected chi connectivity index (χ4v) is 3.00. The number of methoxy groups -OCH3 is 1. The Bertz CT molecular complexity index is 1190. The lowest BCUT2D eigenvalue weighted by Crippen LogP contribution is -2.39. The van der Waals surface area contributed by atoms with Crippen molar-refractivity contribution in [3.63, 3.8) is 0 Å². The molecular formula is C20H21N3O5. The number of pyridine rings is 1. The van der Waals surface area contributed by atoms with Gasteiger partial charge in [-0.1, -0.05) is 13.8 Å². The number of benzene rings is 1. The van der Waals surface area contributed by atoms with Crippen LogP contribution in [0.4, 0.5) is 0 Å². The Morgan fingerprint density at radius 2 is 1.96 bits per heavy atom. The monoisotopic (exact) mass is 383 g/mol. The molecule has 1 aromatic carbocycles. The van der Waals surface area contributed by atoms with Crippen LogP contribution in [0.3, 0.4) is 0 Å². The summed E-state index contributed by atoms with van der Waals surface area (Å²) < 4.78 is 7.53. The summed E-state index contributed by atoms with van der Waals surface area (Å²) in [6.07, 6.45) is 1.30. The lowest BCUT2D eigenvalue weighted by atomic mass is 10.0. The van der Waals surface area contributed by atoms with Crippen molar-refractivity contribution in [1.29, 1.82) is 0 Å². The minimum atomic E-state index is -0.531. The van der Waals surface area contributed by atoms with E-state index in [1.807, 2.05) is 13.8 Å². The van der Waals surface area contributed by atoms with Crippen LogP contribution in [0.1, 0.15) is 29.8 Å². The molecule has 0 saturated heterocycles. The molecule has 0 aliphatic rings. The first-order chi connectivity index (χ1) is 13.2. The predicted molar refractivity (Wildman–Crippen MR) is 104 cm³/mol. The van der Waals surface area contributed by atoms with Crippen LogP contribution in [-0.4, -0.2) is 32.1 Å². The van der Waals surface area contributed by atoms with Gasteiger partial charge in [0.05, 0.1) is 18.1 Å². The third-order valence-corrected chi connectivity index (χ3v) is 4.43. The average Bonchev–Trinajstić information content (AvgIpc) is 2.69. The summed E-state index contributed by atoms with van der Waals surface area (Å²) in [5.74, 6) is -0.134. The fraction of sp³-hybridized carbons (Fsp3) is 0.300. The number of ether oxygens (including phenoxy) is 1. The van der Waals surface area contributed by atoms with Crippen molar-refractivity contribution in [1.82, 2.24) is 14.1 Å². The number of phenolic OH excluding ortho intramolecular Hbond substituents is 1. The Morgan fingerprint density at radius 1 is 1.25 bits per heavy atom. The molecule has 0 amide bonds. The van der Waals surface area contributed by atoms with Gasteiger partial charge in [-0.15, -0.1) is 0 Å². The lowest BCUT2D eigenvalue weighted by molar-refractivity contribution is 0.103. The maximum absolute atomic E-state index is 12.9. The third-order valence-electron chi connectivity index (χ3n) is 4.43. The topological polar surface area (TPSA) is 103 Å². The minimum absolute atomic E-state index is 0.0350. The fourth-order valence-electron chi connectivity index (χ4n) is 3.00. The molecule has 0 fully saturated rings. The Morgan fingerprint density at radius 3 is 2.61 bits per heavy atom. The van der Waals surface area contributed by atoms with Gasteiger partial charge in [0, 0.05) is 25.4 Å². The van der Waals surface area contributed by atoms with E-state index in [9.17, 15) is 19.5 Å². The van der Waals surface area contributed by atoms with E-state index in [4.69, 9.17) is 4.74 Å². The highest BCUT2D eigenvalue weighted by molar-refractivity contribution is 6.11. The molecule has 0 aliphatic heterocycles. The van der Waals surface area contributed by atoms with Crippen molar-refractivity contribution in [2.75, 3.05) is 7.11 Å². The summed E-state index contributed by atoms with van der Waals surface area (Å²) >= 11 is 0. The molecular weight excluding hydrogens is 362 g/mol. The summed E-state index contributed by atoms with van der Waals surface area (Å²) in [6.45, 7) is 4.29. The average molecular weight is 383 g/mol. The molecule has 2 aromatic heterocycles. The molecule has 0 bridgehead atoms. The van der Waals surface area contributed by atoms with Gasteiger partial charge in [-0.3, -0.25) is 18.7 Å². The van der Waals surface area contributed by atoms with Crippen molar-refractivity contribution < 1.29 is 14.6 Å². The summed E-state index contributed by atoms with van der Waals surface area (Å²) in [6, 6.07) is 5.72. The van der Waals surface area contributed by atoms with E-state index >= 15 is 0 Å². The molecule has 0 spiro atoms. The zero-order valence-corrected chi connectivity index (χ0v) is 16.1. The summed E-state index contributed by atoms with van der Waals surface area (Å²) in [5, 5.41) is 10.2. The van der Waals surface area contributed by atoms with Crippen molar-refractivity contribution in [3.8, 4) is 11.5 Å². The lowest BCUT2D eigenvalue weighted by Gasteiger charge is -2.13. The van der Waals surface area contributed by atoms with Crippen LogP contribution in [0.15, 0.2) is 40.1 Å². The minimum Gasteiger partial charge on any atom is -0.507 e. The second-order valence-electron chi connectivity index (χ2n) is 6.96. The van der Waals surface area contributed by atoms with Crippen LogP contribution >= 0.6 is 0 Å². The highest BCUT2D eigenvalue weighted by atomic mass is 16.5. The molecule has 0 atom stereocenters. The van der Waals surface area contributed by atoms with E-state index in [-0.39, 0.29) is 33.8 Å². The number of ketones is 1. The van der Waals surface area contributed by atoms with E-state index in [0.29, 0.717) is 12.3 Å². The zero-order chi connectivity index (χ0) is 20.6. The Hall–Kier alpha value is -3.42. The number of nitrogens with zero attached hydrogens (tertiary/aromatic N) is 3. The number of aromatic hydroxyl groups is 1. The van der Waals surface area contributed by atoms with Gasteiger partial charge >= 0.3 is 5.69 Å². The van der Waals surface area contributed by atoms with Crippen LogP contribution in [0.25, 0.3) is 11.0 Å². The largest absolute Gasteiger partial charge is 0.507 e. The third kappa shape index (κ3) is 3.28. The number of carbonyl (C=O) groups is 1. The number of rotatable bonds is 5. The SMILES string of the molecule is COc1ccc(O)c(C(=O)c2cnc3c(c2)c(=O)n(C)c(=O)n3CC(C)C)c1. The Kier molecular flexibility index (Phi) is 5.04. The molecule has 2 heterocycles. The van der Waals surface area contributed by atoms with Gasteiger partial charge in [-0.25, -0.2) is 9.78 Å². The molecule has 0 unspecified atom stereocenters. The van der Waals surface area contributed by atoms with Gasteiger partial charge in [-0.05, 0) is 30.2 Å². The van der Waals surface area contributed by atoms with Gasteiger partial charge in [0.1, 0.15) is 17.1 Å². The summed E-state index contributed by atoms with van der Waals surface area (Å²) in [4.78, 5) is 42.2. The number of fused-ring (bicyclic) bond motifs is 1. The van der Waals surface area contributed by atoms with E-state index in [1.54, 1.807) is 0 Å². The molecule has 28 heavy (non-hydrogen) atoms. The highest BCUT2D eigenvalue weighted by Crippen LogP contribution is 2.25. The number of aromatic nitrogens is 3. The Balaban J connectivity index is 2.22. The summed E-state index contributed by atoms with van der Waals surface area (Å²) in [7, 11) is 2.85. The maximum atomic E-state index is 12.9. The number of phenols is 1. The molecule has 0 saturated carbocycles. The van der Waals surface area contributed by atoms with Crippen LogP contribution in [0.5, 0.6) is 11.5 Å². The van der Waals surface area contributed by atoms with Crippen LogP contribution < -0.4 is 16.0 Å². The van der Waals surface area contributed by atoms with E-state index in [0.717, 1.165) is 4.57 Å². The highest BCUT2D eigenvalue weighted by Gasteiger charge is 2.19. The molecule has 146 valence electrons. The molecule has 0 radical (unpaired) electrons. The van der Waals surface area contributed by atoms with Crippen molar-refractivity contribution in [2.24, 2.45) is 13.0 Å². The molecule has 1 N–H and O–H groups in total. The van der Waals surface area contributed by atoms with Crippen LogP contribution in [0.2, 0.25) is 0 Å². The van der Waals surface area contributed by atoms with Gasteiger partial charge in [0.2, 0.25) is 0 Å². The van der Waals surface area contributed by atoms with Crippen molar-refractivity contribution in [3.05, 3.63) is 62.4 Å². The number of hydrogen-bond acceptors (Lipinski definition) is 6. The molecule has 8 nitrogen and oxygen atoms in total. The smallest absolute Gasteiger partial charge is 0.332 e. The second-order valence-corrected chi connectivity index (χ2v) is 6.96. The standard InChI is InChI=1S/C20H21N3O5/c1-11(2)10-23-18-15(19(26)22(3)20(23)27)7-12(9-21-18)17(25)14-8-13(28-4)5-6-16(14)24/h5-9,11,24H,10H2,1-4H3. The second kappa shape index (κ2) is 7.30. The van der Waals surface area contributed by atoms with Gasteiger partial charge in [-0.2, -0.15) is 0 Å². The normalized spacial score (nSPS) is 11.2. The molecule has 3 rings (SSSR count). The molecule has 3 aromatic rings. The van der Waals surface area contributed by atoms with Crippen LogP contribution in [0, 0.1) is 5.92 Å². The maximum Gasteiger partial charge on any atom is 0.332 e. The summed E-state index contributed by atoms with van der Waals surface area (Å²) in [5.41, 5.74) is -0.593. The van der Waals surface area contributed by atoms with Crippen molar-refractivity contribution >= 4 is 16.8 Å². The van der Waals surface area contributed by atoms with Gasteiger partial charge in [0.15, 0.2) is 5.78 Å². The first-order valence-corrected chi connectivity index (χ1v) is 8.76. The van der Waals surface area contributed by atoms with E-state index in [1.165, 1.54) is 49.2 Å². The number of carbonyl (C=O) groups excluding carboxylic acids is 1. The van der Waals surface area contributed by atoms with Gasteiger partial charge in [0.25, 0.3) is 5.56 Å². The van der Waals surface area contributed by atoms with Crippen molar-refractivity contribution in [2.45, 2.75) is 20.4 Å². The quantitative estimate of drug-likeness (QED) is 0.673. The molecule has 0 aliphatic carbocycles. The molecule has 8 heteroatoms. The van der Waals surface area contributed by atoms with Gasteiger partial charge < -0.3 is 9.84 Å². The van der Waals surface area contributed by atoms with E-state index < -0.39 is 17.0 Å². The number of hydrogen-bond donors (Lipinski definition) is 1. The zero-order valence-electron chi connectivity index (χ0n) is 16.1. The predicted octanol–water partition coefficient (Wildman–Crippen LogP) is 1.70.